The SMILES string of the molecule is O=C(O)c1ccnc(NCc2ccc(F)c(F)c2)n1. The molecule has 5 nitrogen and oxygen atoms in total. The molecule has 0 aliphatic heterocycles. The van der Waals surface area contributed by atoms with Crippen molar-refractivity contribution in [1.82, 2.24) is 9.97 Å². The maximum atomic E-state index is 13.0. The summed E-state index contributed by atoms with van der Waals surface area (Å²) < 4.78 is 25.7. The van der Waals surface area contributed by atoms with Gasteiger partial charge in [-0.15, -0.1) is 0 Å². The van der Waals surface area contributed by atoms with E-state index in [4.69, 9.17) is 5.11 Å². The standard InChI is InChI=1S/C12H9F2N3O2/c13-8-2-1-7(5-9(8)14)6-16-12-15-4-3-10(17-12)11(18)19/h1-5H,6H2,(H,18,19)(H,15,16,17). The van der Waals surface area contributed by atoms with Crippen LogP contribution in [0.2, 0.25) is 0 Å². The van der Waals surface area contributed by atoms with Crippen LogP contribution in [0, 0.1) is 11.6 Å². The third-order valence-corrected chi connectivity index (χ3v) is 2.31. The van der Waals surface area contributed by atoms with Crippen molar-refractivity contribution >= 4 is 11.9 Å². The molecule has 2 rings (SSSR count). The molecule has 2 aromatic rings. The van der Waals surface area contributed by atoms with E-state index in [9.17, 15) is 13.6 Å². The molecule has 0 radical (unpaired) electrons. The average Bonchev–Trinajstić information content (AvgIpc) is 2.40. The second-order valence-corrected chi connectivity index (χ2v) is 3.67. The Balaban J connectivity index is 2.07. The molecular weight excluding hydrogens is 256 g/mol. The topological polar surface area (TPSA) is 75.1 Å². The highest BCUT2D eigenvalue weighted by Crippen LogP contribution is 2.10. The van der Waals surface area contributed by atoms with Gasteiger partial charge in [0.25, 0.3) is 0 Å². The fourth-order valence-electron chi connectivity index (χ4n) is 1.39. The normalized spacial score (nSPS) is 10.2. The van der Waals surface area contributed by atoms with E-state index in [2.05, 4.69) is 15.3 Å². The predicted octanol–water partition coefficient (Wildman–Crippen LogP) is 2.07. The first kappa shape index (κ1) is 12.9. The minimum Gasteiger partial charge on any atom is -0.477 e. The lowest BCUT2D eigenvalue weighted by atomic mass is 10.2. The summed E-state index contributed by atoms with van der Waals surface area (Å²) in [5.74, 6) is -2.93. The van der Waals surface area contributed by atoms with Gasteiger partial charge >= 0.3 is 5.97 Å². The van der Waals surface area contributed by atoms with Gasteiger partial charge in [0.05, 0.1) is 0 Å². The molecule has 0 spiro atoms. The Bertz CT molecular complexity index is 620. The fourth-order valence-corrected chi connectivity index (χ4v) is 1.39. The summed E-state index contributed by atoms with van der Waals surface area (Å²) in [6.07, 6.45) is 1.30. The number of carboxylic acids is 1. The minimum atomic E-state index is -1.17. The van der Waals surface area contributed by atoms with Gasteiger partial charge in [-0.2, -0.15) is 0 Å². The highest BCUT2D eigenvalue weighted by molar-refractivity contribution is 5.85. The maximum absolute atomic E-state index is 13.0. The summed E-state index contributed by atoms with van der Waals surface area (Å²) in [6.45, 7) is 0.153. The zero-order chi connectivity index (χ0) is 13.8. The molecule has 7 heteroatoms. The summed E-state index contributed by atoms with van der Waals surface area (Å²) in [5, 5.41) is 11.5. The van der Waals surface area contributed by atoms with Crippen LogP contribution in [0.5, 0.6) is 0 Å². The lowest BCUT2D eigenvalue weighted by molar-refractivity contribution is 0.0690. The van der Waals surface area contributed by atoms with Crippen molar-refractivity contribution in [2.75, 3.05) is 5.32 Å². The first-order chi connectivity index (χ1) is 9.06. The zero-order valence-electron chi connectivity index (χ0n) is 9.60. The van der Waals surface area contributed by atoms with Gasteiger partial charge in [-0.1, -0.05) is 6.07 Å². The molecule has 0 bridgehead atoms. The Labute approximate surface area is 106 Å². The Kier molecular flexibility index (Phi) is 3.65. The average molecular weight is 265 g/mol. The van der Waals surface area contributed by atoms with E-state index in [1.165, 1.54) is 18.3 Å². The van der Waals surface area contributed by atoms with Crippen LogP contribution < -0.4 is 5.32 Å². The van der Waals surface area contributed by atoms with E-state index >= 15 is 0 Å². The van der Waals surface area contributed by atoms with Gasteiger partial charge in [0.2, 0.25) is 5.95 Å². The number of carboxylic acid groups (broad SMARTS) is 1. The third-order valence-electron chi connectivity index (χ3n) is 2.31. The number of halogens is 2. The lowest BCUT2D eigenvalue weighted by Crippen LogP contribution is -2.07. The number of carbonyl (C=O) groups is 1. The lowest BCUT2D eigenvalue weighted by Gasteiger charge is -2.05. The predicted molar refractivity (Wildman–Crippen MR) is 62.7 cm³/mol. The van der Waals surface area contributed by atoms with Crippen LogP contribution in [0.25, 0.3) is 0 Å². The number of nitrogens with zero attached hydrogens (tertiary/aromatic N) is 2. The highest BCUT2D eigenvalue weighted by atomic mass is 19.2. The molecule has 0 aliphatic rings. The van der Waals surface area contributed by atoms with Crippen molar-refractivity contribution in [2.24, 2.45) is 0 Å². The molecule has 2 N–H and O–H groups in total. The molecule has 98 valence electrons. The van der Waals surface area contributed by atoms with Crippen LogP contribution in [0.1, 0.15) is 16.1 Å². The van der Waals surface area contributed by atoms with E-state index in [1.54, 1.807) is 0 Å². The Morgan fingerprint density at radius 3 is 2.74 bits per heavy atom. The van der Waals surface area contributed by atoms with E-state index in [-0.39, 0.29) is 18.2 Å². The molecule has 0 amide bonds. The number of benzene rings is 1. The summed E-state index contributed by atoms with van der Waals surface area (Å²) >= 11 is 0. The first-order valence-corrected chi connectivity index (χ1v) is 5.30. The van der Waals surface area contributed by atoms with Crippen molar-refractivity contribution in [1.29, 1.82) is 0 Å². The van der Waals surface area contributed by atoms with Crippen molar-refractivity contribution in [3.05, 3.63) is 53.4 Å². The van der Waals surface area contributed by atoms with E-state index in [0.717, 1.165) is 12.1 Å². The van der Waals surface area contributed by atoms with Crippen LogP contribution in [-0.2, 0) is 6.54 Å². The van der Waals surface area contributed by atoms with Gasteiger partial charge in [-0.05, 0) is 23.8 Å². The van der Waals surface area contributed by atoms with Crippen LogP contribution in [0.3, 0.4) is 0 Å². The Hall–Kier alpha value is -2.57. The van der Waals surface area contributed by atoms with E-state index in [0.29, 0.717) is 5.56 Å². The maximum Gasteiger partial charge on any atom is 0.354 e. The highest BCUT2D eigenvalue weighted by Gasteiger charge is 2.06. The van der Waals surface area contributed by atoms with Gasteiger partial charge in [-0.3, -0.25) is 0 Å². The molecule has 0 fully saturated rings. The van der Waals surface area contributed by atoms with Gasteiger partial charge in [0, 0.05) is 12.7 Å². The quantitative estimate of drug-likeness (QED) is 0.885. The van der Waals surface area contributed by atoms with Gasteiger partial charge < -0.3 is 10.4 Å². The molecule has 0 aliphatic carbocycles. The third kappa shape index (κ3) is 3.21. The second kappa shape index (κ2) is 5.38. The summed E-state index contributed by atoms with van der Waals surface area (Å²) in [5.41, 5.74) is 0.339. The van der Waals surface area contributed by atoms with Crippen LogP contribution >= 0.6 is 0 Å². The molecule has 0 unspecified atom stereocenters. The largest absolute Gasteiger partial charge is 0.477 e. The Morgan fingerprint density at radius 2 is 2.05 bits per heavy atom. The van der Waals surface area contributed by atoms with Crippen molar-refractivity contribution in [2.45, 2.75) is 6.54 Å². The summed E-state index contributed by atoms with van der Waals surface area (Å²) in [6, 6.07) is 4.72. The molecule has 0 saturated carbocycles. The number of aromatic nitrogens is 2. The smallest absolute Gasteiger partial charge is 0.354 e. The minimum absolute atomic E-state index is 0.102. The van der Waals surface area contributed by atoms with Crippen molar-refractivity contribution in [3.8, 4) is 0 Å². The van der Waals surface area contributed by atoms with Crippen molar-refractivity contribution in [3.63, 3.8) is 0 Å². The monoisotopic (exact) mass is 265 g/mol. The van der Waals surface area contributed by atoms with E-state index < -0.39 is 17.6 Å². The number of nitrogens with one attached hydrogen (secondary N) is 1. The van der Waals surface area contributed by atoms with E-state index in [1.807, 2.05) is 0 Å². The number of hydrogen-bond acceptors (Lipinski definition) is 4. The zero-order valence-corrected chi connectivity index (χ0v) is 9.60. The van der Waals surface area contributed by atoms with Crippen LogP contribution in [0.15, 0.2) is 30.5 Å². The molecule has 0 saturated heterocycles. The summed E-state index contributed by atoms with van der Waals surface area (Å²) in [7, 11) is 0. The van der Waals surface area contributed by atoms with Gasteiger partial charge in [-0.25, -0.2) is 23.5 Å². The molecule has 1 heterocycles. The van der Waals surface area contributed by atoms with Gasteiger partial charge in [0.15, 0.2) is 17.3 Å². The van der Waals surface area contributed by atoms with Crippen LogP contribution in [0.4, 0.5) is 14.7 Å². The number of rotatable bonds is 4. The molecule has 1 aromatic heterocycles. The second-order valence-electron chi connectivity index (χ2n) is 3.67. The van der Waals surface area contributed by atoms with Crippen molar-refractivity contribution < 1.29 is 18.7 Å². The fraction of sp³-hybridized carbons (Fsp3) is 0.0833. The summed E-state index contributed by atoms with van der Waals surface area (Å²) in [4.78, 5) is 18.3. The number of anilines is 1. The van der Waals surface area contributed by atoms with Crippen LogP contribution in [-0.4, -0.2) is 21.0 Å². The molecule has 1 aromatic carbocycles. The molecule has 0 atom stereocenters. The number of aromatic carboxylic acids is 1. The molecule has 19 heavy (non-hydrogen) atoms. The first-order valence-electron chi connectivity index (χ1n) is 5.30. The molecular formula is C12H9F2N3O2. The Morgan fingerprint density at radius 1 is 1.26 bits per heavy atom. The van der Waals surface area contributed by atoms with Gasteiger partial charge in [0.1, 0.15) is 0 Å². The number of hydrogen-bond donors (Lipinski definition) is 2.